The van der Waals surface area contributed by atoms with E-state index in [1.807, 2.05) is 6.08 Å². The molecule has 4 aliphatic rings. The summed E-state index contributed by atoms with van der Waals surface area (Å²) < 4.78 is 0. The van der Waals surface area contributed by atoms with Crippen LogP contribution in [-0.4, -0.2) is 38.9 Å². The highest BCUT2D eigenvalue weighted by atomic mass is 35.5. The van der Waals surface area contributed by atoms with E-state index in [0.717, 1.165) is 25.7 Å². The lowest BCUT2D eigenvalue weighted by molar-refractivity contribution is -0.187. The Morgan fingerprint density at radius 2 is 1.86 bits per heavy atom. The van der Waals surface area contributed by atoms with Crippen molar-refractivity contribution in [1.29, 1.82) is 0 Å². The molecule has 29 heavy (non-hydrogen) atoms. The van der Waals surface area contributed by atoms with Gasteiger partial charge in [-0.05, 0) is 96.5 Å². The third kappa shape index (κ3) is 3.33. The topological polar surface area (TPSA) is 77.8 Å². The van der Waals surface area contributed by atoms with Crippen LogP contribution in [0.5, 0.6) is 0 Å². The molecule has 11 atom stereocenters. The van der Waals surface area contributed by atoms with Crippen LogP contribution in [0.15, 0.2) is 12.2 Å². The summed E-state index contributed by atoms with van der Waals surface area (Å²) in [6.07, 6.45) is 8.29. The number of fused-ring (bicyclic) bond motifs is 5. The summed E-state index contributed by atoms with van der Waals surface area (Å²) in [5.41, 5.74) is -0.293. The van der Waals surface area contributed by atoms with Crippen molar-refractivity contribution in [3.63, 3.8) is 0 Å². The normalized spacial score (nSPS) is 52.4. The predicted molar refractivity (Wildman–Crippen MR) is 113 cm³/mol. The minimum absolute atomic E-state index is 0.0693. The van der Waals surface area contributed by atoms with E-state index < -0.39 is 12.2 Å². The molecule has 0 heterocycles. The fraction of sp³-hybridized carbons (Fsp3) is 0.875. The van der Waals surface area contributed by atoms with E-state index in [1.54, 1.807) is 0 Å². The average Bonchev–Trinajstić information content (AvgIpc) is 3.01. The average molecular weight is 425 g/mol. The van der Waals surface area contributed by atoms with Crippen molar-refractivity contribution in [2.24, 2.45) is 46.3 Å². The second-order valence-electron chi connectivity index (χ2n) is 11.0. The van der Waals surface area contributed by atoms with Crippen LogP contribution in [0.3, 0.4) is 0 Å². The summed E-state index contributed by atoms with van der Waals surface area (Å²) in [4.78, 5) is 11.3. The van der Waals surface area contributed by atoms with Crippen LogP contribution < -0.4 is 0 Å². The molecule has 0 aliphatic heterocycles. The van der Waals surface area contributed by atoms with Crippen molar-refractivity contribution >= 4 is 16.8 Å². The van der Waals surface area contributed by atoms with E-state index in [9.17, 15) is 20.1 Å². The number of hydrogen-bond acceptors (Lipinski definition) is 4. The molecule has 164 valence electrons. The first-order valence-electron chi connectivity index (χ1n) is 11.5. The van der Waals surface area contributed by atoms with Crippen molar-refractivity contribution in [3.05, 3.63) is 12.2 Å². The lowest BCUT2D eigenvalue weighted by atomic mass is 9.44. The molecule has 5 heteroatoms. The van der Waals surface area contributed by atoms with Gasteiger partial charge in [-0.2, -0.15) is 0 Å². The van der Waals surface area contributed by atoms with E-state index in [-0.39, 0.29) is 39.9 Å². The van der Waals surface area contributed by atoms with Gasteiger partial charge in [-0.1, -0.05) is 32.9 Å². The highest BCUT2D eigenvalue weighted by Crippen LogP contribution is 2.67. The van der Waals surface area contributed by atoms with Crippen LogP contribution in [0, 0.1) is 46.3 Å². The molecule has 3 fully saturated rings. The zero-order valence-electron chi connectivity index (χ0n) is 17.9. The number of aliphatic hydroxyl groups is 3. The molecule has 0 radical (unpaired) electrons. The summed E-state index contributed by atoms with van der Waals surface area (Å²) in [7, 11) is 0. The molecule has 0 saturated heterocycles. The molecule has 4 nitrogen and oxygen atoms in total. The van der Waals surface area contributed by atoms with E-state index in [0.29, 0.717) is 37.0 Å². The van der Waals surface area contributed by atoms with Gasteiger partial charge in [0.2, 0.25) is 5.24 Å². The first-order valence-corrected chi connectivity index (χ1v) is 11.9. The molecular formula is C24H37ClO4. The van der Waals surface area contributed by atoms with Crippen molar-refractivity contribution in [2.75, 3.05) is 0 Å². The van der Waals surface area contributed by atoms with E-state index in [4.69, 9.17) is 11.6 Å². The first kappa shape index (κ1) is 21.8. The third-order valence-corrected chi connectivity index (χ3v) is 10.0. The lowest BCUT2D eigenvalue weighted by Crippen LogP contribution is -2.61. The van der Waals surface area contributed by atoms with Crippen molar-refractivity contribution < 1.29 is 20.1 Å². The monoisotopic (exact) mass is 424 g/mol. The molecule has 4 rings (SSSR count). The maximum atomic E-state index is 11.5. The standard InChI is InChI=1S/C24H37ClO4/c1-13(4-7-21(25)29)16-5-6-17-22-18(12-20(28)24(16,17)3)23(2)9-8-15(26)10-14(23)11-19(22)27/h8-9,13-20,22,26-28H,4-7,10-12H2,1-3H3. The zero-order chi connectivity index (χ0) is 21.1. The molecular weight excluding hydrogens is 388 g/mol. The second-order valence-corrected chi connectivity index (χ2v) is 11.4. The van der Waals surface area contributed by atoms with Crippen LogP contribution in [0.25, 0.3) is 0 Å². The summed E-state index contributed by atoms with van der Waals surface area (Å²) >= 11 is 5.58. The number of allylic oxidation sites excluding steroid dienone is 1. The molecule has 0 aromatic rings. The van der Waals surface area contributed by atoms with Gasteiger partial charge in [0.1, 0.15) is 0 Å². The third-order valence-electron chi connectivity index (χ3n) is 9.85. The van der Waals surface area contributed by atoms with E-state index in [2.05, 4.69) is 26.8 Å². The van der Waals surface area contributed by atoms with Gasteiger partial charge in [-0.25, -0.2) is 0 Å². The van der Waals surface area contributed by atoms with Gasteiger partial charge in [0, 0.05) is 6.42 Å². The van der Waals surface area contributed by atoms with Crippen LogP contribution in [-0.2, 0) is 4.79 Å². The van der Waals surface area contributed by atoms with Gasteiger partial charge >= 0.3 is 0 Å². The second kappa shape index (κ2) is 7.62. The molecule has 4 aliphatic carbocycles. The Morgan fingerprint density at radius 3 is 2.55 bits per heavy atom. The summed E-state index contributed by atoms with van der Waals surface area (Å²) in [6.45, 7) is 6.70. The minimum Gasteiger partial charge on any atom is -0.393 e. The highest BCUT2D eigenvalue weighted by Gasteiger charge is 2.65. The first-order chi connectivity index (χ1) is 13.6. The van der Waals surface area contributed by atoms with E-state index >= 15 is 0 Å². The largest absolute Gasteiger partial charge is 0.393 e. The number of aliphatic hydroxyl groups excluding tert-OH is 3. The van der Waals surface area contributed by atoms with Gasteiger partial charge < -0.3 is 15.3 Å². The number of halogens is 1. The molecule has 11 unspecified atom stereocenters. The Kier molecular flexibility index (Phi) is 5.72. The van der Waals surface area contributed by atoms with Gasteiger partial charge in [0.15, 0.2) is 0 Å². The molecule has 3 saturated carbocycles. The molecule has 0 aromatic heterocycles. The predicted octanol–water partition coefficient (Wildman–Crippen LogP) is 3.91. The molecule has 0 bridgehead atoms. The summed E-state index contributed by atoms with van der Waals surface area (Å²) in [5.74, 6) is 1.67. The van der Waals surface area contributed by atoms with Crippen LogP contribution >= 0.6 is 11.6 Å². The zero-order valence-corrected chi connectivity index (χ0v) is 18.7. The van der Waals surface area contributed by atoms with Gasteiger partial charge in [-0.3, -0.25) is 4.79 Å². The summed E-state index contributed by atoms with van der Waals surface area (Å²) in [5, 5.41) is 32.6. The van der Waals surface area contributed by atoms with Gasteiger partial charge in [0.25, 0.3) is 0 Å². The van der Waals surface area contributed by atoms with E-state index in [1.165, 1.54) is 0 Å². The summed E-state index contributed by atoms with van der Waals surface area (Å²) in [6, 6.07) is 0. The Hall–Kier alpha value is -0.420. The number of carbonyl (C=O) groups is 1. The fourth-order valence-corrected chi connectivity index (χ4v) is 8.35. The Morgan fingerprint density at radius 1 is 1.14 bits per heavy atom. The molecule has 0 spiro atoms. The van der Waals surface area contributed by atoms with Gasteiger partial charge in [-0.15, -0.1) is 0 Å². The van der Waals surface area contributed by atoms with Crippen molar-refractivity contribution in [3.8, 4) is 0 Å². The molecule has 0 aromatic carbocycles. The number of hydrogen-bond donors (Lipinski definition) is 3. The maximum Gasteiger partial charge on any atom is 0.221 e. The fourth-order valence-electron chi connectivity index (χ4n) is 8.24. The molecule has 0 amide bonds. The Labute approximate surface area is 179 Å². The quantitative estimate of drug-likeness (QED) is 0.472. The SMILES string of the molecule is CC(CCC(=O)Cl)C1CCC2C3C(O)CC4CC(O)C=CC4(C)C3CC(O)C12C. The van der Waals surface area contributed by atoms with Gasteiger partial charge in [0.05, 0.1) is 18.3 Å². The van der Waals surface area contributed by atoms with Crippen LogP contribution in [0.4, 0.5) is 0 Å². The highest BCUT2D eigenvalue weighted by molar-refractivity contribution is 6.63. The lowest BCUT2D eigenvalue weighted by Gasteiger charge is -2.62. The maximum absolute atomic E-state index is 11.5. The van der Waals surface area contributed by atoms with Crippen molar-refractivity contribution in [1.82, 2.24) is 0 Å². The van der Waals surface area contributed by atoms with Crippen LogP contribution in [0.2, 0.25) is 0 Å². The molecule has 3 N–H and O–H groups in total. The minimum atomic E-state index is -0.419. The Balaban J connectivity index is 1.63. The number of carbonyl (C=O) groups excluding carboxylic acids is 1. The smallest absolute Gasteiger partial charge is 0.221 e. The van der Waals surface area contributed by atoms with Crippen LogP contribution in [0.1, 0.15) is 65.7 Å². The van der Waals surface area contributed by atoms with Crippen molar-refractivity contribution in [2.45, 2.75) is 84.0 Å². The number of rotatable bonds is 4. The Bertz CT molecular complexity index is 680.